The molecule has 2 aromatic carbocycles. The second-order valence-electron chi connectivity index (χ2n) is 7.62. The average molecular weight is 488 g/mol. The number of hydrogen-bond acceptors (Lipinski definition) is 6. The van der Waals surface area contributed by atoms with Crippen LogP contribution in [0.5, 0.6) is 5.75 Å². The zero-order chi connectivity index (χ0) is 24.3. The number of aromatic nitrogens is 1. The van der Waals surface area contributed by atoms with Gasteiger partial charge in [-0.25, -0.2) is 13.4 Å². The number of hydrogen-bond donors (Lipinski definition) is 1. The maximum absolute atomic E-state index is 13.1. The Morgan fingerprint density at radius 1 is 1.09 bits per heavy atom. The van der Waals surface area contributed by atoms with Crippen LogP contribution in [-0.2, 0) is 10.0 Å². The maximum Gasteiger partial charge on any atom is 0.267 e. The van der Waals surface area contributed by atoms with Crippen molar-refractivity contribution in [3.8, 4) is 16.3 Å². The number of ether oxygens (including phenoxy) is 1. The number of rotatable bonds is 8. The van der Waals surface area contributed by atoms with Crippen molar-refractivity contribution in [3.63, 3.8) is 0 Å². The molecule has 9 heteroatoms. The van der Waals surface area contributed by atoms with E-state index in [1.807, 2.05) is 38.1 Å². The van der Waals surface area contributed by atoms with E-state index in [2.05, 4.69) is 10.3 Å². The van der Waals surface area contributed by atoms with Gasteiger partial charge in [0, 0.05) is 24.3 Å². The van der Waals surface area contributed by atoms with Crippen molar-refractivity contribution in [3.05, 3.63) is 58.1 Å². The summed E-state index contributed by atoms with van der Waals surface area (Å²) in [6, 6.07) is 10.7. The van der Waals surface area contributed by atoms with Crippen LogP contribution in [0.3, 0.4) is 0 Å². The van der Waals surface area contributed by atoms with E-state index in [4.69, 9.17) is 4.74 Å². The van der Waals surface area contributed by atoms with Gasteiger partial charge in [-0.15, -0.1) is 11.3 Å². The molecule has 1 heterocycles. The van der Waals surface area contributed by atoms with Gasteiger partial charge in [-0.3, -0.25) is 4.79 Å². The topological polar surface area (TPSA) is 88.6 Å². The summed E-state index contributed by atoms with van der Waals surface area (Å²) in [5.74, 6) is 0.431. The highest BCUT2D eigenvalue weighted by atomic mass is 32.2. The molecule has 3 rings (SSSR count). The van der Waals surface area contributed by atoms with Gasteiger partial charge in [0.2, 0.25) is 10.0 Å². The van der Waals surface area contributed by atoms with Crippen LogP contribution in [-0.4, -0.2) is 43.8 Å². The fraction of sp³-hybridized carbons (Fsp3) is 0.333. The maximum atomic E-state index is 13.1. The lowest BCUT2D eigenvalue weighted by atomic mass is 10.1. The number of sulfonamides is 1. The van der Waals surface area contributed by atoms with Gasteiger partial charge in [0.25, 0.3) is 5.91 Å². The summed E-state index contributed by atoms with van der Waals surface area (Å²) in [6.45, 7) is 9.85. The van der Waals surface area contributed by atoms with Crippen molar-refractivity contribution in [1.82, 2.24) is 9.29 Å². The Morgan fingerprint density at radius 2 is 1.73 bits per heavy atom. The minimum Gasteiger partial charge on any atom is -0.497 e. The number of thiazole rings is 1. The fourth-order valence-corrected chi connectivity index (χ4v) is 6.00. The summed E-state index contributed by atoms with van der Waals surface area (Å²) >= 11 is 1.29. The highest BCUT2D eigenvalue weighted by molar-refractivity contribution is 7.89. The summed E-state index contributed by atoms with van der Waals surface area (Å²) in [7, 11) is -2.04. The molecule has 176 valence electrons. The Labute approximate surface area is 199 Å². The fourth-order valence-electron chi connectivity index (χ4n) is 3.46. The van der Waals surface area contributed by atoms with Gasteiger partial charge < -0.3 is 10.1 Å². The summed E-state index contributed by atoms with van der Waals surface area (Å²) < 4.78 is 32.6. The SMILES string of the molecule is CCN(CC)S(=O)(=O)c1cc(C)c(C)c(NC(=O)c2sc(-c3ccc(OC)cc3)nc2C)c1. The van der Waals surface area contributed by atoms with Crippen LogP contribution in [0, 0.1) is 20.8 Å². The zero-order valence-electron chi connectivity index (χ0n) is 19.7. The molecule has 3 aromatic rings. The van der Waals surface area contributed by atoms with Gasteiger partial charge >= 0.3 is 0 Å². The van der Waals surface area contributed by atoms with Crippen LogP contribution in [0.2, 0.25) is 0 Å². The number of carbonyl (C=O) groups is 1. The highest BCUT2D eigenvalue weighted by Crippen LogP contribution is 2.31. The number of benzene rings is 2. The molecule has 0 aliphatic carbocycles. The van der Waals surface area contributed by atoms with Crippen molar-refractivity contribution in [2.45, 2.75) is 39.5 Å². The summed E-state index contributed by atoms with van der Waals surface area (Å²) in [5.41, 5.74) is 3.59. The monoisotopic (exact) mass is 487 g/mol. The van der Waals surface area contributed by atoms with Crippen LogP contribution in [0.25, 0.3) is 10.6 Å². The molecule has 1 aromatic heterocycles. The molecule has 0 bridgehead atoms. The van der Waals surface area contributed by atoms with Crippen molar-refractivity contribution >= 4 is 33.0 Å². The predicted octanol–water partition coefficient (Wildman–Crippen LogP) is 5.03. The van der Waals surface area contributed by atoms with Crippen LogP contribution in [0.4, 0.5) is 5.69 Å². The first-order valence-corrected chi connectivity index (χ1v) is 12.9. The molecule has 1 amide bonds. The van der Waals surface area contributed by atoms with Gasteiger partial charge in [0.15, 0.2) is 0 Å². The standard InChI is InChI=1S/C24H29N3O4S2/c1-7-27(8-2)33(29,30)20-13-15(3)16(4)21(14-20)26-23(28)22-17(5)25-24(32-22)18-9-11-19(31-6)12-10-18/h9-14H,7-8H2,1-6H3,(H,26,28). The van der Waals surface area contributed by atoms with E-state index in [0.29, 0.717) is 29.3 Å². The molecule has 0 radical (unpaired) electrons. The molecule has 0 saturated carbocycles. The Morgan fingerprint density at radius 3 is 2.30 bits per heavy atom. The summed E-state index contributed by atoms with van der Waals surface area (Å²) in [4.78, 5) is 18.3. The molecule has 0 spiro atoms. The number of methoxy groups -OCH3 is 1. The van der Waals surface area contributed by atoms with Crippen molar-refractivity contribution in [2.24, 2.45) is 0 Å². The van der Waals surface area contributed by atoms with Crippen LogP contribution in [0.1, 0.15) is 40.3 Å². The average Bonchev–Trinajstić information content (AvgIpc) is 3.19. The largest absolute Gasteiger partial charge is 0.497 e. The number of nitrogens with zero attached hydrogens (tertiary/aromatic N) is 2. The van der Waals surface area contributed by atoms with E-state index in [1.165, 1.54) is 21.7 Å². The quantitative estimate of drug-likeness (QED) is 0.482. The third-order valence-electron chi connectivity index (χ3n) is 5.57. The normalized spacial score (nSPS) is 11.6. The molecule has 0 unspecified atom stereocenters. The smallest absolute Gasteiger partial charge is 0.267 e. The number of anilines is 1. The van der Waals surface area contributed by atoms with E-state index < -0.39 is 10.0 Å². The third-order valence-corrected chi connectivity index (χ3v) is 8.80. The molecular weight excluding hydrogens is 458 g/mol. The van der Waals surface area contributed by atoms with Crippen LogP contribution >= 0.6 is 11.3 Å². The van der Waals surface area contributed by atoms with Gasteiger partial charge in [-0.1, -0.05) is 13.8 Å². The number of nitrogens with one attached hydrogen (secondary N) is 1. The molecule has 0 saturated heterocycles. The molecule has 1 N–H and O–H groups in total. The summed E-state index contributed by atoms with van der Waals surface area (Å²) in [5, 5.41) is 3.64. The number of carbonyl (C=O) groups excluding carboxylic acids is 1. The van der Waals surface area contributed by atoms with E-state index in [-0.39, 0.29) is 10.8 Å². The molecule has 33 heavy (non-hydrogen) atoms. The Hall–Kier alpha value is -2.75. The van der Waals surface area contributed by atoms with Crippen LogP contribution < -0.4 is 10.1 Å². The minimum absolute atomic E-state index is 0.171. The van der Waals surface area contributed by atoms with Gasteiger partial charge in [-0.2, -0.15) is 4.31 Å². The first kappa shape index (κ1) is 24.9. The number of amides is 1. The van der Waals surface area contributed by atoms with E-state index in [9.17, 15) is 13.2 Å². The Kier molecular flexibility index (Phi) is 7.56. The Balaban J connectivity index is 1.93. The first-order chi connectivity index (χ1) is 15.6. The molecule has 0 aliphatic rings. The molecule has 0 aliphatic heterocycles. The second-order valence-corrected chi connectivity index (χ2v) is 10.6. The third kappa shape index (κ3) is 5.10. The predicted molar refractivity (Wildman–Crippen MR) is 133 cm³/mol. The van der Waals surface area contributed by atoms with E-state index >= 15 is 0 Å². The van der Waals surface area contributed by atoms with E-state index in [1.54, 1.807) is 33.9 Å². The molecule has 7 nitrogen and oxygen atoms in total. The summed E-state index contributed by atoms with van der Waals surface area (Å²) in [6.07, 6.45) is 0. The molecule has 0 atom stereocenters. The molecular formula is C24H29N3O4S2. The lowest BCUT2D eigenvalue weighted by Crippen LogP contribution is -2.30. The van der Waals surface area contributed by atoms with Crippen LogP contribution in [0.15, 0.2) is 41.3 Å². The lowest BCUT2D eigenvalue weighted by molar-refractivity contribution is 0.102. The second kappa shape index (κ2) is 10.0. The lowest BCUT2D eigenvalue weighted by Gasteiger charge is -2.20. The number of aryl methyl sites for hydroxylation is 2. The van der Waals surface area contributed by atoms with Gasteiger partial charge in [0.1, 0.15) is 15.6 Å². The highest BCUT2D eigenvalue weighted by Gasteiger charge is 2.24. The van der Waals surface area contributed by atoms with Crippen molar-refractivity contribution in [1.29, 1.82) is 0 Å². The van der Waals surface area contributed by atoms with Crippen molar-refractivity contribution < 1.29 is 17.9 Å². The first-order valence-electron chi connectivity index (χ1n) is 10.7. The Bertz CT molecular complexity index is 1260. The van der Waals surface area contributed by atoms with Gasteiger partial charge in [0.05, 0.1) is 17.7 Å². The minimum atomic E-state index is -3.65. The zero-order valence-corrected chi connectivity index (χ0v) is 21.4. The van der Waals surface area contributed by atoms with Gasteiger partial charge in [-0.05, 0) is 68.3 Å². The van der Waals surface area contributed by atoms with E-state index in [0.717, 1.165) is 27.4 Å². The molecule has 0 fully saturated rings. The van der Waals surface area contributed by atoms with Crippen molar-refractivity contribution in [2.75, 3.05) is 25.5 Å².